The van der Waals surface area contributed by atoms with E-state index in [1.54, 1.807) is 61.7 Å². The van der Waals surface area contributed by atoms with Crippen molar-refractivity contribution in [2.45, 2.75) is 6.92 Å². The molecule has 0 unspecified atom stereocenters. The van der Waals surface area contributed by atoms with E-state index in [-0.39, 0.29) is 12.4 Å². The highest BCUT2D eigenvalue weighted by Gasteiger charge is 2.13. The van der Waals surface area contributed by atoms with Gasteiger partial charge in [-0.2, -0.15) is 5.10 Å². The summed E-state index contributed by atoms with van der Waals surface area (Å²) < 4.78 is 21.6. The number of carbonyl (C=O) groups is 2. The van der Waals surface area contributed by atoms with E-state index in [1.807, 2.05) is 25.1 Å². The van der Waals surface area contributed by atoms with Crippen molar-refractivity contribution < 1.29 is 28.5 Å². The van der Waals surface area contributed by atoms with Gasteiger partial charge < -0.3 is 18.9 Å². The molecule has 0 saturated heterocycles. The fraction of sp³-hybridized carbons (Fsp3) is 0.160. The Hall–Kier alpha value is -4.33. The third kappa shape index (κ3) is 7.10. The number of methoxy groups -OCH3 is 1. The molecule has 3 rings (SSSR count). The molecule has 0 aromatic heterocycles. The first kappa shape index (κ1) is 23.3. The molecular formula is C25H24N2O6. The number of ether oxygens (including phenoxy) is 4. The summed E-state index contributed by atoms with van der Waals surface area (Å²) in [6, 6.07) is 20.6. The minimum Gasteiger partial charge on any atom is -0.497 e. The van der Waals surface area contributed by atoms with Crippen LogP contribution in [-0.2, 0) is 4.79 Å². The number of benzene rings is 3. The first-order valence-corrected chi connectivity index (χ1v) is 10.2. The maximum atomic E-state index is 12.5. The van der Waals surface area contributed by atoms with Crippen LogP contribution in [0.15, 0.2) is 77.9 Å². The molecule has 1 amide bonds. The Morgan fingerprint density at radius 1 is 0.909 bits per heavy atom. The smallest absolute Gasteiger partial charge is 0.343 e. The highest BCUT2D eigenvalue weighted by Crippen LogP contribution is 2.29. The van der Waals surface area contributed by atoms with Gasteiger partial charge in [-0.1, -0.05) is 18.2 Å². The summed E-state index contributed by atoms with van der Waals surface area (Å²) in [5.41, 5.74) is 3.42. The molecule has 0 aliphatic heterocycles. The first-order chi connectivity index (χ1) is 16.1. The van der Waals surface area contributed by atoms with E-state index >= 15 is 0 Å². The monoisotopic (exact) mass is 448 g/mol. The summed E-state index contributed by atoms with van der Waals surface area (Å²) in [6.07, 6.45) is 1.46. The van der Waals surface area contributed by atoms with Crippen LogP contribution in [0.5, 0.6) is 23.0 Å². The Morgan fingerprint density at radius 2 is 1.67 bits per heavy atom. The molecular weight excluding hydrogens is 424 g/mol. The summed E-state index contributed by atoms with van der Waals surface area (Å²) >= 11 is 0. The van der Waals surface area contributed by atoms with Gasteiger partial charge in [0, 0.05) is 0 Å². The topological polar surface area (TPSA) is 95.5 Å². The van der Waals surface area contributed by atoms with E-state index in [0.717, 1.165) is 0 Å². The van der Waals surface area contributed by atoms with Crippen LogP contribution in [0.2, 0.25) is 0 Å². The van der Waals surface area contributed by atoms with Gasteiger partial charge in [0.1, 0.15) is 11.5 Å². The Balaban J connectivity index is 1.60. The van der Waals surface area contributed by atoms with Gasteiger partial charge in [-0.05, 0) is 67.1 Å². The van der Waals surface area contributed by atoms with Crippen LogP contribution in [0.3, 0.4) is 0 Å². The van der Waals surface area contributed by atoms with Crippen molar-refractivity contribution in [1.29, 1.82) is 0 Å². The molecule has 3 aromatic carbocycles. The van der Waals surface area contributed by atoms with Gasteiger partial charge in [0.25, 0.3) is 5.91 Å². The minimum atomic E-state index is -0.522. The largest absolute Gasteiger partial charge is 0.497 e. The summed E-state index contributed by atoms with van der Waals surface area (Å²) in [7, 11) is 1.55. The molecule has 0 aliphatic rings. The molecule has 0 bridgehead atoms. The number of rotatable bonds is 10. The zero-order chi connectivity index (χ0) is 23.5. The van der Waals surface area contributed by atoms with Crippen molar-refractivity contribution in [3.63, 3.8) is 0 Å². The SMILES string of the molecule is CCOc1cc(C=NNC(=O)COc2ccccc2)ccc1OC(=O)c1ccc(OC)cc1. The van der Waals surface area contributed by atoms with Crippen LogP contribution in [0.4, 0.5) is 0 Å². The third-order valence-corrected chi connectivity index (χ3v) is 4.31. The molecule has 8 heteroatoms. The number of carbonyl (C=O) groups excluding carboxylic acids is 2. The van der Waals surface area contributed by atoms with E-state index in [9.17, 15) is 9.59 Å². The van der Waals surface area contributed by atoms with Gasteiger partial charge >= 0.3 is 5.97 Å². The fourth-order valence-corrected chi connectivity index (χ4v) is 2.72. The highest BCUT2D eigenvalue weighted by atomic mass is 16.6. The number of esters is 1. The lowest BCUT2D eigenvalue weighted by atomic mass is 10.2. The van der Waals surface area contributed by atoms with Gasteiger partial charge in [-0.15, -0.1) is 0 Å². The van der Waals surface area contributed by atoms with Crippen molar-refractivity contribution in [2.75, 3.05) is 20.3 Å². The number of amides is 1. The van der Waals surface area contributed by atoms with Crippen LogP contribution in [-0.4, -0.2) is 38.4 Å². The van der Waals surface area contributed by atoms with Crippen molar-refractivity contribution in [2.24, 2.45) is 5.10 Å². The van der Waals surface area contributed by atoms with Crippen molar-refractivity contribution in [3.05, 3.63) is 83.9 Å². The van der Waals surface area contributed by atoms with Crippen molar-refractivity contribution in [3.8, 4) is 23.0 Å². The van der Waals surface area contributed by atoms with Crippen molar-refractivity contribution in [1.82, 2.24) is 5.43 Å². The van der Waals surface area contributed by atoms with Crippen LogP contribution in [0.1, 0.15) is 22.8 Å². The lowest BCUT2D eigenvalue weighted by Crippen LogP contribution is -2.24. The maximum absolute atomic E-state index is 12.5. The second kappa shape index (κ2) is 11.9. The number of nitrogens with zero attached hydrogens (tertiary/aromatic N) is 1. The number of hydrazone groups is 1. The summed E-state index contributed by atoms with van der Waals surface area (Å²) in [5.74, 6) is 0.967. The molecule has 0 heterocycles. The molecule has 170 valence electrons. The van der Waals surface area contributed by atoms with E-state index in [0.29, 0.717) is 35.0 Å². The van der Waals surface area contributed by atoms with Crippen LogP contribution >= 0.6 is 0 Å². The lowest BCUT2D eigenvalue weighted by molar-refractivity contribution is -0.123. The molecule has 0 spiro atoms. The predicted octanol–water partition coefficient (Wildman–Crippen LogP) is 3.84. The number of hydrogen-bond donors (Lipinski definition) is 1. The molecule has 0 radical (unpaired) electrons. The van der Waals surface area contributed by atoms with E-state index in [4.69, 9.17) is 18.9 Å². The van der Waals surface area contributed by atoms with E-state index < -0.39 is 11.9 Å². The minimum absolute atomic E-state index is 0.161. The number of hydrogen-bond acceptors (Lipinski definition) is 7. The molecule has 0 saturated carbocycles. The van der Waals surface area contributed by atoms with Crippen LogP contribution in [0.25, 0.3) is 0 Å². The quantitative estimate of drug-likeness (QED) is 0.219. The second-order valence-corrected chi connectivity index (χ2v) is 6.65. The molecule has 1 N–H and O–H groups in total. The number of para-hydroxylation sites is 1. The van der Waals surface area contributed by atoms with Crippen molar-refractivity contribution >= 4 is 18.1 Å². The Labute approximate surface area is 191 Å². The van der Waals surface area contributed by atoms with Crippen LogP contribution < -0.4 is 24.4 Å². The average molecular weight is 448 g/mol. The Kier molecular flexibility index (Phi) is 8.41. The average Bonchev–Trinajstić information content (AvgIpc) is 2.85. The third-order valence-electron chi connectivity index (χ3n) is 4.31. The lowest BCUT2D eigenvalue weighted by Gasteiger charge is -2.11. The van der Waals surface area contributed by atoms with Gasteiger partial charge in [-0.3, -0.25) is 4.79 Å². The zero-order valence-electron chi connectivity index (χ0n) is 18.3. The van der Waals surface area contributed by atoms with Gasteiger partial charge in [0.2, 0.25) is 0 Å². The molecule has 8 nitrogen and oxygen atoms in total. The van der Waals surface area contributed by atoms with Gasteiger partial charge in [0.05, 0.1) is 25.5 Å². The standard InChI is InChI=1S/C25H24N2O6/c1-3-31-23-15-18(16-26-27-24(28)17-32-21-7-5-4-6-8-21)9-14-22(23)33-25(29)19-10-12-20(30-2)13-11-19/h4-16H,3,17H2,1-2H3,(H,27,28). The van der Waals surface area contributed by atoms with Gasteiger partial charge in [-0.25, -0.2) is 10.2 Å². The molecule has 0 atom stereocenters. The molecule has 3 aromatic rings. The Bertz CT molecular complexity index is 1100. The zero-order valence-corrected chi connectivity index (χ0v) is 18.3. The number of nitrogens with one attached hydrogen (secondary N) is 1. The Morgan fingerprint density at radius 3 is 2.36 bits per heavy atom. The van der Waals surface area contributed by atoms with Crippen LogP contribution in [0, 0.1) is 0 Å². The second-order valence-electron chi connectivity index (χ2n) is 6.65. The van der Waals surface area contributed by atoms with E-state index in [2.05, 4.69) is 10.5 Å². The molecule has 0 aliphatic carbocycles. The summed E-state index contributed by atoms with van der Waals surface area (Å²) in [4.78, 5) is 24.3. The fourth-order valence-electron chi connectivity index (χ4n) is 2.72. The normalized spacial score (nSPS) is 10.5. The molecule has 33 heavy (non-hydrogen) atoms. The maximum Gasteiger partial charge on any atom is 0.343 e. The first-order valence-electron chi connectivity index (χ1n) is 10.2. The molecule has 0 fully saturated rings. The highest BCUT2D eigenvalue weighted by molar-refractivity contribution is 5.92. The van der Waals surface area contributed by atoms with Gasteiger partial charge in [0.15, 0.2) is 18.1 Å². The van der Waals surface area contributed by atoms with E-state index in [1.165, 1.54) is 6.21 Å². The summed E-state index contributed by atoms with van der Waals surface area (Å²) in [6.45, 7) is 2.04. The predicted molar refractivity (Wildman–Crippen MR) is 123 cm³/mol. The summed E-state index contributed by atoms with van der Waals surface area (Å²) in [5, 5.41) is 3.93.